The van der Waals surface area contributed by atoms with Crippen LogP contribution in [0.4, 0.5) is 0 Å². The van der Waals surface area contributed by atoms with E-state index in [9.17, 15) is 116 Å². The van der Waals surface area contributed by atoms with E-state index in [0.29, 0.717) is 6.61 Å². The van der Waals surface area contributed by atoms with Crippen LogP contribution in [0.5, 0.6) is 5.75 Å². The largest absolute Gasteiger partial charge is 0.489 e. The first kappa shape index (κ1) is 71.2. The second-order valence-electron chi connectivity index (χ2n) is 18.2. The Hall–Kier alpha value is -4.52. The van der Waals surface area contributed by atoms with E-state index >= 15 is 0 Å². The van der Waals surface area contributed by atoms with Crippen LogP contribution in [-0.4, -0.2) is 259 Å². The van der Waals surface area contributed by atoms with Gasteiger partial charge in [0.25, 0.3) is 0 Å². The molecule has 0 spiro atoms. The third kappa shape index (κ3) is 21.1. The minimum Gasteiger partial charge on any atom is -0.489 e. The quantitative estimate of drug-likeness (QED) is 0.0434. The number of nitrogens with one attached hydrogen (secondary N) is 2. The smallest absolute Gasteiger partial charge is 0.397 e. The molecule has 0 aromatic heterocycles. The van der Waals surface area contributed by atoms with Gasteiger partial charge < -0.3 is 84.1 Å². The fourth-order valence-electron chi connectivity index (χ4n) is 8.43. The fraction of sp³-hybridized carbons (Fsp3) is 0.625. The lowest BCUT2D eigenvalue weighted by Crippen LogP contribution is -2.71. The highest BCUT2D eigenvalue weighted by Gasteiger charge is 2.60. The Labute approximate surface area is 480 Å². The molecule has 484 valence electrons. The third-order valence-electron chi connectivity index (χ3n) is 11.9. The number of aliphatic hydroxyl groups excluding tert-OH is 6. The van der Waals surface area contributed by atoms with Crippen molar-refractivity contribution in [3.8, 4) is 5.75 Å². The second kappa shape index (κ2) is 29.2. The number of hydrogen-bond donors (Lipinski definition) is 15. The molecule has 85 heavy (non-hydrogen) atoms. The molecule has 6 rings (SSSR count). The van der Waals surface area contributed by atoms with Crippen LogP contribution in [0.15, 0.2) is 54.6 Å². The molecule has 0 aliphatic carbocycles. The zero-order valence-electron chi connectivity index (χ0n) is 42.9. The Morgan fingerprint density at radius 3 is 1.54 bits per heavy atom. The maximum absolute atomic E-state index is 12.7. The normalized spacial score (nSPS) is 34.0. The van der Waals surface area contributed by atoms with Crippen molar-refractivity contribution >= 4 is 69.7 Å². The van der Waals surface area contributed by atoms with Gasteiger partial charge in [-0.3, -0.25) is 27.6 Å². The minimum atomic E-state index is -6.09. The number of carbonyl (C=O) groups is 3. The van der Waals surface area contributed by atoms with Gasteiger partial charge in [-0.05, 0) is 24.6 Å². The lowest BCUT2D eigenvalue weighted by Gasteiger charge is -2.50. The SMILES string of the molecule is CC(=O)N[C@@H]1[C@@H](O)[C@H](O[C@@H]2O[C@H](C(=O)O)[C@@H](O[C@@H]3O[C@H](CO)[C@@H](O[C@H]4O[C@@H](C(=O)O)[C@H](O)[C@@H](O)[C@@H]4OS(=O)(=O)O)[C@H](OS(=O)(=O)O)[C@H]3NS(=O)(=O)O)[C@H](O)[C@H]2OS(=O)(=O)O)[C@H](COS(=O)(=O)O)O[C@H]1O.Cc1ccc(OCc2ccccc2)cc1. The first-order valence-corrected chi connectivity index (χ1v) is 30.4. The van der Waals surface area contributed by atoms with Crippen molar-refractivity contribution in [2.24, 2.45) is 0 Å². The van der Waals surface area contributed by atoms with Crippen LogP contribution < -0.4 is 14.8 Å². The van der Waals surface area contributed by atoms with Crippen LogP contribution in [0.3, 0.4) is 0 Å². The number of ether oxygens (including phenoxy) is 8. The van der Waals surface area contributed by atoms with Crippen LogP contribution in [0.25, 0.3) is 0 Å². The maximum atomic E-state index is 12.7. The molecule has 4 saturated heterocycles. The molecule has 0 bridgehead atoms. The van der Waals surface area contributed by atoms with Crippen LogP contribution in [-0.2, 0) is 123 Å². The van der Waals surface area contributed by atoms with Crippen molar-refractivity contribution in [3.63, 3.8) is 0 Å². The monoisotopic (exact) mass is 1330 g/mol. The maximum Gasteiger partial charge on any atom is 0.397 e. The number of rotatable bonds is 24. The Morgan fingerprint density at radius 1 is 0.541 bits per heavy atom. The molecule has 0 saturated carbocycles. The summed E-state index contributed by atoms with van der Waals surface area (Å²) in [5, 5.41) is 86.0. The third-order valence-corrected chi connectivity index (χ3v) is 14.3. The van der Waals surface area contributed by atoms with Crippen molar-refractivity contribution in [1.29, 1.82) is 0 Å². The Bertz CT molecular complexity index is 3160. The molecule has 0 radical (unpaired) electrons. The van der Waals surface area contributed by atoms with E-state index in [1.165, 1.54) is 15.8 Å². The van der Waals surface area contributed by atoms with Crippen LogP contribution in [0.1, 0.15) is 18.1 Å². The standard InChI is InChI=1S/C26H42N2O37S5.C14H14O/c1-4(30)27-7-9(31)13(6(56-23(7)39)3-55-67(43,44)45)58-26-19(65-70(52,53)54)12(34)16(20(62-26)22(37)38)60-24-8(28-66(40,41)42)15(63-68(46,47)48)14(5(2-29)57-24)59-25-18(64-69(49,50)51)11(33)10(32)17(61-25)21(35)36;1-12-7-9-14(10-8-12)15-11-13-5-3-2-4-6-13/h5-20,23-26,28-29,31-34,39H,2-3H2,1H3,(H,27,30)(H,35,36)(H,37,38)(H,40,41,42)(H,43,44,45)(H,46,47,48)(H,49,50,51)(H,52,53,54);2-10H,11H2,1H3/t5-,6+,7-,8-,9-,10-,11-,12+,13-,14-,15-,16+,17-,18+,19-,20+,23-,24+,25+,26-;/m1./s1. The number of aliphatic carboxylic acids is 2. The molecule has 4 aliphatic rings. The van der Waals surface area contributed by atoms with E-state index in [2.05, 4.69) is 47.9 Å². The zero-order valence-corrected chi connectivity index (χ0v) is 47.0. The first-order valence-electron chi connectivity index (χ1n) is 23.5. The van der Waals surface area contributed by atoms with Crippen LogP contribution in [0, 0.1) is 6.92 Å². The van der Waals surface area contributed by atoms with Crippen molar-refractivity contribution in [2.45, 2.75) is 143 Å². The predicted molar refractivity (Wildman–Crippen MR) is 263 cm³/mol. The number of carboxylic acid groups (broad SMARTS) is 2. The highest BCUT2D eigenvalue weighted by atomic mass is 32.3. The minimum absolute atomic E-state index is 0.629. The molecule has 2 aromatic rings. The predicted octanol–water partition coefficient (Wildman–Crippen LogP) is -7.14. The van der Waals surface area contributed by atoms with Gasteiger partial charge in [0.2, 0.25) is 5.91 Å². The Morgan fingerprint density at radius 2 is 1.05 bits per heavy atom. The van der Waals surface area contributed by atoms with Gasteiger partial charge in [0, 0.05) is 6.92 Å². The molecule has 2 aromatic carbocycles. The summed E-state index contributed by atoms with van der Waals surface area (Å²) >= 11 is 0. The summed E-state index contributed by atoms with van der Waals surface area (Å²) in [6, 6.07) is 13.3. The molecule has 0 unspecified atom stereocenters. The molecule has 4 fully saturated rings. The number of hydrogen-bond acceptors (Lipinski definition) is 31. The van der Waals surface area contributed by atoms with Gasteiger partial charge in [-0.1, -0.05) is 48.0 Å². The van der Waals surface area contributed by atoms with Gasteiger partial charge in [-0.2, -0.15) is 46.8 Å². The molecule has 45 heteroatoms. The Balaban J connectivity index is 0.000000756. The summed E-state index contributed by atoms with van der Waals surface area (Å²) < 4.78 is 228. The van der Waals surface area contributed by atoms with Crippen molar-refractivity contribution in [1.82, 2.24) is 10.0 Å². The molecule has 20 atom stereocenters. The number of benzene rings is 2. The highest BCUT2D eigenvalue weighted by molar-refractivity contribution is 7.83. The number of carbonyl (C=O) groups excluding carboxylic acids is 1. The molecule has 4 heterocycles. The first-order chi connectivity index (χ1) is 39.2. The number of aryl methyl sites for hydroxylation is 1. The van der Waals surface area contributed by atoms with Crippen molar-refractivity contribution in [3.05, 3.63) is 65.7 Å². The molecule has 40 nitrogen and oxygen atoms in total. The Kier molecular flexibility index (Phi) is 24.5. The van der Waals surface area contributed by atoms with Crippen molar-refractivity contribution < 1.29 is 175 Å². The summed E-state index contributed by atoms with van der Waals surface area (Å²) in [6.45, 7) is 0.460. The van der Waals surface area contributed by atoms with Gasteiger partial charge in [0.15, 0.2) is 49.6 Å². The van der Waals surface area contributed by atoms with E-state index in [0.717, 1.165) is 12.7 Å². The average Bonchev–Trinajstić information content (AvgIpc) is 1.01. The van der Waals surface area contributed by atoms with Gasteiger partial charge in [0.05, 0.1) is 13.2 Å². The molecule has 1 amide bonds. The second-order valence-corrected chi connectivity index (χ2v) is 23.6. The van der Waals surface area contributed by atoms with E-state index in [-0.39, 0.29) is 0 Å². The van der Waals surface area contributed by atoms with E-state index in [4.69, 9.17) is 42.4 Å². The van der Waals surface area contributed by atoms with Crippen LogP contribution >= 0.6 is 0 Å². The zero-order chi connectivity index (χ0) is 63.9. The summed E-state index contributed by atoms with van der Waals surface area (Å²) in [7, 11) is -29.1. The van der Waals surface area contributed by atoms with Crippen molar-refractivity contribution in [2.75, 3.05) is 13.2 Å². The highest BCUT2D eigenvalue weighted by Crippen LogP contribution is 2.37. The molecular formula is C40H56N2O38S5. The van der Waals surface area contributed by atoms with E-state index in [1.54, 1.807) is 0 Å². The fourth-order valence-corrected chi connectivity index (χ4v) is 10.8. The van der Waals surface area contributed by atoms with E-state index in [1.807, 2.05) is 35.6 Å². The topological polar surface area (TPSA) is 620 Å². The molecule has 4 aliphatic heterocycles. The number of amides is 1. The van der Waals surface area contributed by atoms with Gasteiger partial charge in [-0.25, -0.2) is 26.3 Å². The summed E-state index contributed by atoms with van der Waals surface area (Å²) in [5.41, 5.74) is 2.44. The van der Waals surface area contributed by atoms with Gasteiger partial charge in [0.1, 0.15) is 85.5 Å². The lowest BCUT2D eigenvalue weighted by molar-refractivity contribution is -0.366. The van der Waals surface area contributed by atoms with Gasteiger partial charge in [-0.15, -0.1) is 0 Å². The number of carboxylic acids is 2. The van der Waals surface area contributed by atoms with E-state index < -0.39 is 206 Å². The van der Waals surface area contributed by atoms with Gasteiger partial charge >= 0.3 is 63.8 Å². The summed E-state index contributed by atoms with van der Waals surface area (Å²) in [4.78, 5) is 36.4. The van der Waals surface area contributed by atoms with Crippen LogP contribution in [0.2, 0.25) is 0 Å². The summed E-state index contributed by atoms with van der Waals surface area (Å²) in [5.74, 6) is -4.57. The number of aliphatic hydroxyl groups is 6. The summed E-state index contributed by atoms with van der Waals surface area (Å²) in [6.07, 6.45) is -49.1. The molecular weight excluding hydrogens is 1280 g/mol. The lowest BCUT2D eigenvalue weighted by atomic mass is 9.94. The molecule has 15 N–H and O–H groups in total. The average molecular weight is 1330 g/mol.